The Hall–Kier alpha value is -0.870. The number of rotatable bonds is 0. The zero-order chi connectivity index (χ0) is 9.31. The molecule has 4 heteroatoms. The number of aliphatic hydroxyl groups excluding tert-OH is 1. The molecule has 1 N–H and O–H groups in total. The molecule has 1 fully saturated rings. The van der Waals surface area contributed by atoms with Crippen LogP contribution in [0.2, 0.25) is 0 Å². The monoisotopic (exact) mass is 184 g/mol. The van der Waals surface area contributed by atoms with Gasteiger partial charge < -0.3 is 14.6 Å². The third-order valence-corrected chi connectivity index (χ3v) is 2.40. The molecule has 0 unspecified atom stereocenters. The van der Waals surface area contributed by atoms with Crippen LogP contribution in [-0.2, 0) is 14.3 Å². The van der Waals surface area contributed by atoms with Crippen molar-refractivity contribution in [1.29, 1.82) is 0 Å². The zero-order valence-corrected chi connectivity index (χ0v) is 7.23. The van der Waals surface area contributed by atoms with E-state index in [9.17, 15) is 9.90 Å². The maximum Gasteiger partial charge on any atom is 0.333 e. The molecule has 0 aliphatic carbocycles. The highest BCUT2D eigenvalue weighted by molar-refractivity contribution is 5.83. The van der Waals surface area contributed by atoms with Gasteiger partial charge in [0.1, 0.15) is 6.10 Å². The van der Waals surface area contributed by atoms with Crippen molar-refractivity contribution in [3.63, 3.8) is 0 Å². The van der Waals surface area contributed by atoms with Gasteiger partial charge in [0.15, 0.2) is 0 Å². The Morgan fingerprint density at radius 3 is 3.08 bits per heavy atom. The maximum absolute atomic E-state index is 11.0. The van der Waals surface area contributed by atoms with Crippen LogP contribution in [0.15, 0.2) is 12.2 Å². The molecule has 0 bridgehead atoms. The lowest BCUT2D eigenvalue weighted by Gasteiger charge is -2.40. The van der Waals surface area contributed by atoms with E-state index in [0.717, 1.165) is 12.8 Å². The van der Waals surface area contributed by atoms with Crippen molar-refractivity contribution in [2.45, 2.75) is 31.2 Å². The molecule has 0 amide bonds. The van der Waals surface area contributed by atoms with E-state index in [4.69, 9.17) is 9.47 Å². The van der Waals surface area contributed by atoms with Gasteiger partial charge in [0.25, 0.3) is 0 Å². The Morgan fingerprint density at radius 1 is 1.54 bits per heavy atom. The Balaban J connectivity index is 2.19. The van der Waals surface area contributed by atoms with Gasteiger partial charge in [-0.05, 0) is 18.9 Å². The minimum atomic E-state index is -1.09. The van der Waals surface area contributed by atoms with Crippen molar-refractivity contribution in [3.8, 4) is 0 Å². The summed E-state index contributed by atoms with van der Waals surface area (Å²) in [6.07, 6.45) is 4.27. The first kappa shape index (κ1) is 8.72. The minimum absolute atomic E-state index is 0.438. The van der Waals surface area contributed by atoms with E-state index in [2.05, 4.69) is 0 Å². The molecule has 2 atom stereocenters. The highest BCUT2D eigenvalue weighted by Crippen LogP contribution is 2.32. The maximum atomic E-state index is 11.0. The average Bonchev–Trinajstić information content (AvgIpc) is 2.14. The minimum Gasteiger partial charge on any atom is -0.427 e. The summed E-state index contributed by atoms with van der Waals surface area (Å²) in [7, 11) is 0. The van der Waals surface area contributed by atoms with E-state index in [1.165, 1.54) is 12.2 Å². The summed E-state index contributed by atoms with van der Waals surface area (Å²) in [5.74, 6) is -1.53. The lowest BCUT2D eigenvalue weighted by molar-refractivity contribution is -0.277. The van der Waals surface area contributed by atoms with Crippen molar-refractivity contribution in [2.75, 3.05) is 6.61 Å². The van der Waals surface area contributed by atoms with Gasteiger partial charge in [-0.1, -0.05) is 0 Å². The van der Waals surface area contributed by atoms with Gasteiger partial charge >= 0.3 is 5.97 Å². The summed E-state index contributed by atoms with van der Waals surface area (Å²) in [6, 6.07) is 0. The van der Waals surface area contributed by atoms with E-state index in [1.54, 1.807) is 0 Å². The molecule has 1 saturated heterocycles. The van der Waals surface area contributed by atoms with Crippen molar-refractivity contribution in [3.05, 3.63) is 12.2 Å². The number of hydrogen-bond acceptors (Lipinski definition) is 4. The standard InChI is InChI=1S/C9H12O4/c10-7-3-4-8(11)13-9(7)5-1-2-6-12-9/h3-4,7,10H,1-2,5-6H2/t7-,9+/m0/s1. The van der Waals surface area contributed by atoms with Crippen LogP contribution in [0.1, 0.15) is 19.3 Å². The molecular formula is C9H12O4. The lowest BCUT2D eigenvalue weighted by atomic mass is 9.98. The lowest BCUT2D eigenvalue weighted by Crippen LogP contribution is -2.51. The average molecular weight is 184 g/mol. The first-order chi connectivity index (χ1) is 6.23. The fourth-order valence-electron chi connectivity index (χ4n) is 1.69. The zero-order valence-electron chi connectivity index (χ0n) is 7.23. The largest absolute Gasteiger partial charge is 0.427 e. The number of hydrogen-bond donors (Lipinski definition) is 1. The van der Waals surface area contributed by atoms with Crippen LogP contribution < -0.4 is 0 Å². The Labute approximate surface area is 76.1 Å². The summed E-state index contributed by atoms with van der Waals surface area (Å²) >= 11 is 0. The topological polar surface area (TPSA) is 55.8 Å². The summed E-state index contributed by atoms with van der Waals surface area (Å²) in [4.78, 5) is 11.0. The molecule has 1 spiro atoms. The summed E-state index contributed by atoms with van der Waals surface area (Å²) in [5.41, 5.74) is 0. The van der Waals surface area contributed by atoms with Gasteiger partial charge in [-0.25, -0.2) is 4.79 Å². The van der Waals surface area contributed by atoms with Crippen LogP contribution in [0.5, 0.6) is 0 Å². The number of esters is 1. The van der Waals surface area contributed by atoms with Crippen molar-refractivity contribution >= 4 is 5.97 Å². The highest BCUT2D eigenvalue weighted by Gasteiger charge is 2.45. The van der Waals surface area contributed by atoms with Gasteiger partial charge in [0.2, 0.25) is 5.79 Å². The Kier molecular flexibility index (Phi) is 2.09. The smallest absolute Gasteiger partial charge is 0.333 e. The molecule has 0 aromatic heterocycles. The molecule has 0 saturated carbocycles. The van der Waals surface area contributed by atoms with Gasteiger partial charge in [-0.15, -0.1) is 0 Å². The molecule has 72 valence electrons. The van der Waals surface area contributed by atoms with E-state index < -0.39 is 17.9 Å². The summed E-state index contributed by atoms with van der Waals surface area (Å²) in [5, 5.41) is 9.61. The Morgan fingerprint density at radius 2 is 2.38 bits per heavy atom. The molecule has 2 aliphatic rings. The quantitative estimate of drug-likeness (QED) is 0.552. The van der Waals surface area contributed by atoms with Crippen molar-refractivity contribution in [1.82, 2.24) is 0 Å². The SMILES string of the molecule is O=C1C=C[C@H](O)[C@@]2(CCCCO2)O1. The van der Waals surface area contributed by atoms with Crippen LogP contribution in [0.4, 0.5) is 0 Å². The first-order valence-electron chi connectivity index (χ1n) is 4.46. The number of carbonyl (C=O) groups is 1. The van der Waals surface area contributed by atoms with Crippen LogP contribution in [0, 0.1) is 0 Å². The normalized spacial score (nSPS) is 39.2. The second kappa shape index (κ2) is 3.12. The molecule has 0 aromatic rings. The van der Waals surface area contributed by atoms with Gasteiger partial charge in [-0.3, -0.25) is 0 Å². The molecular weight excluding hydrogens is 172 g/mol. The third-order valence-electron chi connectivity index (χ3n) is 2.40. The third kappa shape index (κ3) is 1.47. The molecule has 2 rings (SSSR count). The molecule has 0 aromatic carbocycles. The first-order valence-corrected chi connectivity index (χ1v) is 4.46. The fourth-order valence-corrected chi connectivity index (χ4v) is 1.69. The van der Waals surface area contributed by atoms with E-state index in [-0.39, 0.29) is 0 Å². The molecule has 4 nitrogen and oxygen atoms in total. The van der Waals surface area contributed by atoms with E-state index in [1.807, 2.05) is 0 Å². The predicted molar refractivity (Wildman–Crippen MR) is 43.8 cm³/mol. The molecule has 13 heavy (non-hydrogen) atoms. The van der Waals surface area contributed by atoms with Crippen molar-refractivity contribution in [2.24, 2.45) is 0 Å². The number of carbonyl (C=O) groups excluding carboxylic acids is 1. The summed E-state index contributed by atoms with van der Waals surface area (Å²) < 4.78 is 10.4. The van der Waals surface area contributed by atoms with Crippen molar-refractivity contribution < 1.29 is 19.4 Å². The highest BCUT2D eigenvalue weighted by atomic mass is 16.7. The number of aliphatic hydroxyl groups is 1. The predicted octanol–water partition coefficient (Wildman–Crippen LogP) is 0.357. The second-order valence-corrected chi connectivity index (χ2v) is 3.34. The van der Waals surface area contributed by atoms with Crippen LogP contribution in [0.25, 0.3) is 0 Å². The van der Waals surface area contributed by atoms with E-state index >= 15 is 0 Å². The second-order valence-electron chi connectivity index (χ2n) is 3.34. The van der Waals surface area contributed by atoms with Crippen LogP contribution in [0.3, 0.4) is 0 Å². The van der Waals surface area contributed by atoms with Gasteiger partial charge in [0, 0.05) is 12.5 Å². The fraction of sp³-hybridized carbons (Fsp3) is 0.667. The van der Waals surface area contributed by atoms with Gasteiger partial charge in [-0.2, -0.15) is 0 Å². The summed E-state index contributed by atoms with van der Waals surface area (Å²) in [6.45, 7) is 0.540. The van der Waals surface area contributed by atoms with Crippen LogP contribution >= 0.6 is 0 Å². The van der Waals surface area contributed by atoms with Crippen LogP contribution in [-0.4, -0.2) is 29.6 Å². The molecule has 0 radical (unpaired) electrons. The van der Waals surface area contributed by atoms with E-state index in [0.29, 0.717) is 13.0 Å². The number of ether oxygens (including phenoxy) is 2. The molecule has 2 aliphatic heterocycles. The Bertz CT molecular complexity index is 240. The van der Waals surface area contributed by atoms with Gasteiger partial charge in [0.05, 0.1) is 6.61 Å². The molecule has 2 heterocycles.